The molecule has 3 rings (SSSR count). The summed E-state index contributed by atoms with van der Waals surface area (Å²) in [5.41, 5.74) is 0.691. The summed E-state index contributed by atoms with van der Waals surface area (Å²) in [5, 5.41) is 3.43. The monoisotopic (exact) mass is 305 g/mol. The van der Waals surface area contributed by atoms with Crippen molar-refractivity contribution < 1.29 is 14.3 Å². The third-order valence-electron chi connectivity index (χ3n) is 3.07. The predicted molar refractivity (Wildman–Crippen MR) is 79.7 cm³/mol. The van der Waals surface area contributed by atoms with Gasteiger partial charge in [-0.25, -0.2) is 4.98 Å². The average molecular weight is 305 g/mol. The van der Waals surface area contributed by atoms with E-state index in [1.165, 1.54) is 11.8 Å². The Labute approximate surface area is 126 Å². The molecule has 1 aromatic heterocycles. The summed E-state index contributed by atoms with van der Waals surface area (Å²) in [6.07, 6.45) is 3.57. The Morgan fingerprint density at radius 3 is 3.00 bits per heavy atom. The highest BCUT2D eigenvalue weighted by Gasteiger charge is 2.18. The highest BCUT2D eigenvalue weighted by Crippen LogP contribution is 2.34. The molecule has 1 amide bonds. The van der Waals surface area contributed by atoms with E-state index in [9.17, 15) is 4.79 Å². The molecule has 6 nitrogen and oxygen atoms in total. The average Bonchev–Trinajstić information content (AvgIpc) is 3.07. The molecule has 0 unspecified atom stereocenters. The fraction of sp³-hybridized carbons (Fsp3) is 0.286. The van der Waals surface area contributed by atoms with Crippen molar-refractivity contribution in [3.05, 3.63) is 30.6 Å². The maximum atomic E-state index is 12.2. The highest BCUT2D eigenvalue weighted by atomic mass is 32.2. The molecule has 21 heavy (non-hydrogen) atoms. The number of fused-ring (bicyclic) bond motifs is 1. The zero-order chi connectivity index (χ0) is 14.8. The normalized spacial score (nSPS) is 14.0. The number of hydrogen-bond donors (Lipinski definition) is 1. The van der Waals surface area contributed by atoms with E-state index in [2.05, 4.69) is 10.3 Å². The third-order valence-corrected chi connectivity index (χ3v) is 4.24. The first-order chi connectivity index (χ1) is 10.1. The molecule has 0 fully saturated rings. The number of thioether (sulfide) groups is 1. The minimum Gasteiger partial charge on any atom is -0.454 e. The SMILES string of the molecule is C[C@H](Sc1nccn1C)C(=O)Nc1ccc2c(c1)OCO2. The van der Waals surface area contributed by atoms with Gasteiger partial charge in [-0.3, -0.25) is 4.79 Å². The van der Waals surface area contributed by atoms with Crippen molar-refractivity contribution in [1.82, 2.24) is 9.55 Å². The number of anilines is 1. The van der Waals surface area contributed by atoms with Gasteiger partial charge < -0.3 is 19.4 Å². The van der Waals surface area contributed by atoms with E-state index in [0.717, 1.165) is 5.16 Å². The quantitative estimate of drug-likeness (QED) is 0.878. The lowest BCUT2D eigenvalue weighted by Crippen LogP contribution is -2.22. The van der Waals surface area contributed by atoms with E-state index < -0.39 is 0 Å². The van der Waals surface area contributed by atoms with Gasteiger partial charge in [-0.2, -0.15) is 0 Å². The number of hydrogen-bond acceptors (Lipinski definition) is 5. The lowest BCUT2D eigenvalue weighted by Gasteiger charge is -2.12. The number of rotatable bonds is 4. The molecule has 1 N–H and O–H groups in total. The van der Waals surface area contributed by atoms with Crippen molar-refractivity contribution in [2.75, 3.05) is 12.1 Å². The fourth-order valence-electron chi connectivity index (χ4n) is 1.90. The number of benzene rings is 1. The molecule has 0 saturated carbocycles. The largest absolute Gasteiger partial charge is 0.454 e. The third kappa shape index (κ3) is 2.97. The van der Waals surface area contributed by atoms with Crippen LogP contribution in [0, 0.1) is 0 Å². The van der Waals surface area contributed by atoms with Gasteiger partial charge in [0.2, 0.25) is 12.7 Å². The number of nitrogens with one attached hydrogen (secondary N) is 1. The number of carbonyl (C=O) groups is 1. The zero-order valence-corrected chi connectivity index (χ0v) is 12.5. The van der Waals surface area contributed by atoms with Crippen LogP contribution in [-0.2, 0) is 11.8 Å². The Bertz CT molecular complexity index is 671. The second-order valence-electron chi connectivity index (χ2n) is 4.64. The molecule has 0 radical (unpaired) electrons. The van der Waals surface area contributed by atoms with Crippen molar-refractivity contribution in [1.29, 1.82) is 0 Å². The summed E-state index contributed by atoms with van der Waals surface area (Å²) in [6.45, 7) is 2.07. The summed E-state index contributed by atoms with van der Waals surface area (Å²) in [5.74, 6) is 1.27. The Morgan fingerprint density at radius 2 is 2.24 bits per heavy atom. The summed E-state index contributed by atoms with van der Waals surface area (Å²) in [7, 11) is 1.90. The van der Waals surface area contributed by atoms with Crippen LogP contribution in [-0.4, -0.2) is 27.5 Å². The minimum absolute atomic E-state index is 0.0816. The molecule has 1 atom stereocenters. The van der Waals surface area contributed by atoms with Crippen LogP contribution in [0.2, 0.25) is 0 Å². The molecular weight excluding hydrogens is 290 g/mol. The van der Waals surface area contributed by atoms with Crippen molar-refractivity contribution >= 4 is 23.4 Å². The van der Waals surface area contributed by atoms with Crippen molar-refractivity contribution in [2.24, 2.45) is 7.05 Å². The van der Waals surface area contributed by atoms with E-state index in [4.69, 9.17) is 9.47 Å². The van der Waals surface area contributed by atoms with E-state index >= 15 is 0 Å². The van der Waals surface area contributed by atoms with Crippen LogP contribution in [0.4, 0.5) is 5.69 Å². The van der Waals surface area contributed by atoms with Gasteiger partial charge in [0.1, 0.15) is 0 Å². The maximum absolute atomic E-state index is 12.2. The van der Waals surface area contributed by atoms with E-state index in [1.807, 2.05) is 24.7 Å². The van der Waals surface area contributed by atoms with Crippen LogP contribution in [0.25, 0.3) is 0 Å². The number of ether oxygens (including phenoxy) is 2. The first-order valence-electron chi connectivity index (χ1n) is 6.48. The molecule has 0 aliphatic carbocycles. The number of carbonyl (C=O) groups excluding carboxylic acids is 1. The van der Waals surface area contributed by atoms with Gasteiger partial charge in [0.15, 0.2) is 16.7 Å². The smallest absolute Gasteiger partial charge is 0.237 e. The molecule has 0 bridgehead atoms. The maximum Gasteiger partial charge on any atom is 0.237 e. The molecule has 2 aromatic rings. The topological polar surface area (TPSA) is 65.4 Å². The van der Waals surface area contributed by atoms with E-state index in [-0.39, 0.29) is 18.0 Å². The van der Waals surface area contributed by atoms with Crippen molar-refractivity contribution in [2.45, 2.75) is 17.3 Å². The number of imidazole rings is 1. The van der Waals surface area contributed by atoms with Crippen LogP contribution in [0.3, 0.4) is 0 Å². The molecule has 0 saturated heterocycles. The Morgan fingerprint density at radius 1 is 1.43 bits per heavy atom. The molecular formula is C14H15N3O3S. The van der Waals surface area contributed by atoms with Crippen LogP contribution >= 0.6 is 11.8 Å². The molecule has 7 heteroatoms. The number of amides is 1. The molecule has 1 aliphatic heterocycles. The van der Waals surface area contributed by atoms with Crippen LogP contribution in [0.1, 0.15) is 6.92 Å². The van der Waals surface area contributed by atoms with E-state index in [0.29, 0.717) is 17.2 Å². The molecule has 1 aromatic carbocycles. The highest BCUT2D eigenvalue weighted by molar-refractivity contribution is 8.00. The van der Waals surface area contributed by atoms with Gasteiger partial charge >= 0.3 is 0 Å². The van der Waals surface area contributed by atoms with Crippen LogP contribution < -0.4 is 14.8 Å². The summed E-state index contributed by atoms with van der Waals surface area (Å²) in [4.78, 5) is 16.4. The predicted octanol–water partition coefficient (Wildman–Crippen LogP) is 2.27. The Hall–Kier alpha value is -2.15. The fourth-order valence-corrected chi connectivity index (χ4v) is 2.73. The van der Waals surface area contributed by atoms with Gasteiger partial charge in [0.05, 0.1) is 5.25 Å². The van der Waals surface area contributed by atoms with Gasteiger partial charge in [-0.15, -0.1) is 0 Å². The lowest BCUT2D eigenvalue weighted by atomic mass is 10.2. The van der Waals surface area contributed by atoms with Crippen molar-refractivity contribution in [3.63, 3.8) is 0 Å². The number of nitrogens with zero attached hydrogens (tertiary/aromatic N) is 2. The first-order valence-corrected chi connectivity index (χ1v) is 7.36. The summed E-state index contributed by atoms with van der Waals surface area (Å²) >= 11 is 1.41. The second kappa shape index (κ2) is 5.69. The second-order valence-corrected chi connectivity index (χ2v) is 5.95. The summed E-state index contributed by atoms with van der Waals surface area (Å²) in [6, 6.07) is 5.34. The standard InChI is InChI=1S/C14H15N3O3S/c1-9(21-14-15-5-6-17(14)2)13(18)16-10-3-4-11-12(7-10)20-8-19-11/h3-7,9H,8H2,1-2H3,(H,16,18)/t9-/m0/s1. The molecule has 2 heterocycles. The number of aryl methyl sites for hydroxylation is 1. The first kappa shape index (κ1) is 13.8. The zero-order valence-electron chi connectivity index (χ0n) is 11.7. The van der Waals surface area contributed by atoms with Gasteiger partial charge in [-0.1, -0.05) is 11.8 Å². The Balaban J connectivity index is 1.64. The molecule has 110 valence electrons. The van der Waals surface area contributed by atoms with Gasteiger partial charge in [-0.05, 0) is 19.1 Å². The summed E-state index contributed by atoms with van der Waals surface area (Å²) < 4.78 is 12.4. The van der Waals surface area contributed by atoms with Crippen LogP contribution in [0.15, 0.2) is 35.7 Å². The lowest BCUT2D eigenvalue weighted by molar-refractivity contribution is -0.115. The molecule has 0 spiro atoms. The van der Waals surface area contributed by atoms with Crippen LogP contribution in [0.5, 0.6) is 11.5 Å². The molecule has 1 aliphatic rings. The minimum atomic E-state index is -0.253. The van der Waals surface area contributed by atoms with Gasteiger partial charge in [0.25, 0.3) is 0 Å². The van der Waals surface area contributed by atoms with E-state index in [1.54, 1.807) is 24.4 Å². The van der Waals surface area contributed by atoms with Crippen molar-refractivity contribution in [3.8, 4) is 11.5 Å². The van der Waals surface area contributed by atoms with Gasteiger partial charge in [0, 0.05) is 31.2 Å². The Kier molecular flexibility index (Phi) is 3.74. The number of aromatic nitrogens is 2.